The van der Waals surface area contributed by atoms with Crippen LogP contribution in [0.15, 0.2) is 35.2 Å². The molecule has 2 nitrogen and oxygen atoms in total. The summed E-state index contributed by atoms with van der Waals surface area (Å²) in [5.41, 5.74) is 4.07. The van der Waals surface area contributed by atoms with Gasteiger partial charge in [0.25, 0.3) is 0 Å². The van der Waals surface area contributed by atoms with Gasteiger partial charge in [-0.3, -0.25) is 0 Å². The highest BCUT2D eigenvalue weighted by atomic mass is 32.1. The second-order valence-electron chi connectivity index (χ2n) is 3.96. The number of nitrogens with zero attached hydrogens (tertiary/aromatic N) is 1. The lowest BCUT2D eigenvalue weighted by atomic mass is 10.1. The summed E-state index contributed by atoms with van der Waals surface area (Å²) in [5, 5.41) is 5.46. The molecule has 1 N–H and O–H groups in total. The molecule has 1 atom stereocenters. The van der Waals surface area contributed by atoms with Crippen LogP contribution in [-0.4, -0.2) is 11.5 Å². The number of nitrogens with one attached hydrogen (secondary N) is 1. The molecule has 0 aliphatic heterocycles. The second-order valence-corrected chi connectivity index (χ2v) is 4.68. The van der Waals surface area contributed by atoms with Gasteiger partial charge >= 0.3 is 0 Å². The van der Waals surface area contributed by atoms with Crippen LogP contribution in [-0.2, 0) is 6.42 Å². The van der Waals surface area contributed by atoms with Crippen molar-refractivity contribution in [3.05, 3.63) is 52.2 Å². The molecule has 1 aromatic heterocycles. The van der Waals surface area contributed by atoms with Crippen LogP contribution in [0.25, 0.3) is 0 Å². The molecule has 1 heterocycles. The third-order valence-electron chi connectivity index (χ3n) is 2.69. The number of thiazole rings is 1. The van der Waals surface area contributed by atoms with Crippen molar-refractivity contribution in [1.29, 1.82) is 0 Å². The first-order valence-electron chi connectivity index (χ1n) is 5.61. The average Bonchev–Trinajstić information content (AvgIpc) is 2.83. The Kier molecular flexibility index (Phi) is 4.23. The van der Waals surface area contributed by atoms with Crippen molar-refractivity contribution >= 4 is 11.3 Å². The van der Waals surface area contributed by atoms with E-state index in [-0.39, 0.29) is 11.9 Å². The summed E-state index contributed by atoms with van der Waals surface area (Å²) in [6.07, 6.45) is 0.926. The van der Waals surface area contributed by atoms with E-state index in [2.05, 4.69) is 22.6 Å². The first-order valence-corrected chi connectivity index (χ1v) is 6.56. The lowest BCUT2D eigenvalue weighted by Crippen LogP contribution is -2.21. The molecule has 0 aliphatic carbocycles. The van der Waals surface area contributed by atoms with Crippen LogP contribution in [0.5, 0.6) is 0 Å². The van der Waals surface area contributed by atoms with Gasteiger partial charge in [0, 0.05) is 24.4 Å². The first kappa shape index (κ1) is 12.2. The SMILES string of the molecule is CC(NCCc1cscn1)c1ccc(F)cc1. The van der Waals surface area contributed by atoms with Crippen LogP contribution in [0.2, 0.25) is 0 Å². The summed E-state index contributed by atoms with van der Waals surface area (Å²) in [5.74, 6) is -0.191. The molecular formula is C13H15FN2S. The Morgan fingerprint density at radius 3 is 2.76 bits per heavy atom. The van der Waals surface area contributed by atoms with Gasteiger partial charge in [0.15, 0.2) is 0 Å². The molecule has 1 unspecified atom stereocenters. The molecule has 0 aliphatic rings. The molecule has 0 bridgehead atoms. The Bertz CT molecular complexity index is 439. The van der Waals surface area contributed by atoms with E-state index in [0.29, 0.717) is 0 Å². The zero-order valence-electron chi connectivity index (χ0n) is 9.69. The number of hydrogen-bond acceptors (Lipinski definition) is 3. The van der Waals surface area contributed by atoms with E-state index in [1.54, 1.807) is 11.3 Å². The van der Waals surface area contributed by atoms with Crippen LogP contribution in [0.3, 0.4) is 0 Å². The summed E-state index contributed by atoms with van der Waals surface area (Å²) >= 11 is 1.62. The number of hydrogen-bond donors (Lipinski definition) is 1. The van der Waals surface area contributed by atoms with Crippen molar-refractivity contribution in [3.63, 3.8) is 0 Å². The Labute approximate surface area is 105 Å². The summed E-state index contributed by atoms with van der Waals surface area (Å²) in [6.45, 7) is 2.95. The van der Waals surface area contributed by atoms with Gasteiger partial charge in [0.1, 0.15) is 5.82 Å². The quantitative estimate of drug-likeness (QED) is 0.881. The van der Waals surface area contributed by atoms with E-state index in [1.165, 1.54) is 12.1 Å². The fourth-order valence-electron chi connectivity index (χ4n) is 1.65. The number of benzene rings is 1. The van der Waals surface area contributed by atoms with Crippen molar-refractivity contribution < 1.29 is 4.39 Å². The lowest BCUT2D eigenvalue weighted by Gasteiger charge is -2.13. The largest absolute Gasteiger partial charge is 0.310 e. The Balaban J connectivity index is 1.81. The highest BCUT2D eigenvalue weighted by molar-refractivity contribution is 7.07. The van der Waals surface area contributed by atoms with E-state index in [9.17, 15) is 4.39 Å². The van der Waals surface area contributed by atoms with Crippen LogP contribution < -0.4 is 5.32 Å². The summed E-state index contributed by atoms with van der Waals surface area (Å²) < 4.78 is 12.8. The number of aromatic nitrogens is 1. The monoisotopic (exact) mass is 250 g/mol. The van der Waals surface area contributed by atoms with Crippen molar-refractivity contribution in [3.8, 4) is 0 Å². The number of rotatable bonds is 5. The van der Waals surface area contributed by atoms with Crippen LogP contribution in [0, 0.1) is 5.82 Å². The average molecular weight is 250 g/mol. The van der Waals surface area contributed by atoms with Gasteiger partial charge in [-0.05, 0) is 24.6 Å². The van der Waals surface area contributed by atoms with E-state index < -0.39 is 0 Å². The van der Waals surface area contributed by atoms with Crippen molar-refractivity contribution in [1.82, 2.24) is 10.3 Å². The van der Waals surface area contributed by atoms with Gasteiger partial charge in [-0.25, -0.2) is 9.37 Å². The van der Waals surface area contributed by atoms with Gasteiger partial charge in [-0.2, -0.15) is 0 Å². The van der Waals surface area contributed by atoms with Crippen LogP contribution in [0.4, 0.5) is 4.39 Å². The fraction of sp³-hybridized carbons (Fsp3) is 0.308. The Morgan fingerprint density at radius 2 is 2.12 bits per heavy atom. The standard InChI is InChI=1S/C13H15FN2S/c1-10(11-2-4-12(14)5-3-11)15-7-6-13-8-17-9-16-13/h2-5,8-10,15H,6-7H2,1H3. The van der Waals surface area contributed by atoms with E-state index in [4.69, 9.17) is 0 Å². The molecule has 0 radical (unpaired) electrons. The molecule has 0 spiro atoms. The molecule has 0 saturated carbocycles. The molecular weight excluding hydrogens is 235 g/mol. The van der Waals surface area contributed by atoms with Crippen LogP contribution in [0.1, 0.15) is 24.2 Å². The molecule has 0 fully saturated rings. The summed E-state index contributed by atoms with van der Waals surface area (Å²) in [4.78, 5) is 4.23. The predicted molar refractivity (Wildman–Crippen MR) is 68.6 cm³/mol. The van der Waals surface area contributed by atoms with Crippen molar-refractivity contribution in [2.45, 2.75) is 19.4 Å². The van der Waals surface area contributed by atoms with Crippen molar-refractivity contribution in [2.75, 3.05) is 6.54 Å². The van der Waals surface area contributed by atoms with E-state index in [1.807, 2.05) is 17.6 Å². The minimum Gasteiger partial charge on any atom is -0.310 e. The third-order valence-corrected chi connectivity index (χ3v) is 3.32. The topological polar surface area (TPSA) is 24.9 Å². The van der Waals surface area contributed by atoms with Crippen LogP contribution >= 0.6 is 11.3 Å². The second kappa shape index (κ2) is 5.89. The minimum atomic E-state index is -0.191. The molecule has 2 rings (SSSR count). The van der Waals surface area contributed by atoms with E-state index >= 15 is 0 Å². The smallest absolute Gasteiger partial charge is 0.123 e. The summed E-state index contributed by atoms with van der Waals surface area (Å²) in [6, 6.07) is 6.85. The molecule has 17 heavy (non-hydrogen) atoms. The van der Waals surface area contributed by atoms with Crippen molar-refractivity contribution in [2.24, 2.45) is 0 Å². The minimum absolute atomic E-state index is 0.191. The van der Waals surface area contributed by atoms with Gasteiger partial charge in [0.2, 0.25) is 0 Å². The van der Waals surface area contributed by atoms with Gasteiger partial charge in [-0.1, -0.05) is 12.1 Å². The first-order chi connectivity index (χ1) is 8.25. The molecule has 90 valence electrons. The fourth-order valence-corrected chi connectivity index (χ4v) is 2.24. The lowest BCUT2D eigenvalue weighted by molar-refractivity contribution is 0.571. The highest BCUT2D eigenvalue weighted by Gasteiger charge is 2.04. The van der Waals surface area contributed by atoms with E-state index in [0.717, 1.165) is 24.2 Å². The molecule has 0 saturated heterocycles. The molecule has 0 amide bonds. The maximum Gasteiger partial charge on any atom is 0.123 e. The molecule has 4 heteroatoms. The molecule has 1 aromatic carbocycles. The Morgan fingerprint density at radius 1 is 1.35 bits per heavy atom. The number of halogens is 1. The Hall–Kier alpha value is -1.26. The zero-order chi connectivity index (χ0) is 12.1. The molecule has 2 aromatic rings. The maximum absolute atomic E-state index is 12.8. The van der Waals surface area contributed by atoms with Gasteiger partial charge in [0.05, 0.1) is 11.2 Å². The van der Waals surface area contributed by atoms with Gasteiger partial charge < -0.3 is 5.32 Å². The highest BCUT2D eigenvalue weighted by Crippen LogP contribution is 2.12. The third kappa shape index (κ3) is 3.61. The van der Waals surface area contributed by atoms with Gasteiger partial charge in [-0.15, -0.1) is 11.3 Å². The predicted octanol–water partition coefficient (Wildman–Crippen LogP) is 3.18. The normalized spacial score (nSPS) is 12.6. The summed E-state index contributed by atoms with van der Waals surface area (Å²) in [7, 11) is 0. The zero-order valence-corrected chi connectivity index (χ0v) is 10.5. The maximum atomic E-state index is 12.8.